The van der Waals surface area contributed by atoms with Gasteiger partial charge in [0, 0.05) is 43.1 Å². The Balaban J connectivity index is 2.25. The van der Waals surface area contributed by atoms with Gasteiger partial charge in [-0.25, -0.2) is 4.79 Å². The van der Waals surface area contributed by atoms with Crippen LogP contribution >= 0.6 is 0 Å². The van der Waals surface area contributed by atoms with E-state index in [1.165, 1.54) is 11.0 Å². The van der Waals surface area contributed by atoms with Crippen LogP contribution in [0.15, 0.2) is 18.2 Å². The zero-order chi connectivity index (χ0) is 19.0. The Morgan fingerprint density at radius 3 is 2.24 bits per heavy atom. The number of carbonyl (C=O) groups is 2. The molecule has 0 unspecified atom stereocenters. The van der Waals surface area contributed by atoms with Crippen LogP contribution in [-0.2, 0) is 10.2 Å². The number of benzene rings is 1. The lowest BCUT2D eigenvalue weighted by atomic mass is 9.85. The third-order valence-corrected chi connectivity index (χ3v) is 4.53. The highest BCUT2D eigenvalue weighted by Crippen LogP contribution is 2.32. The molecular weight excluding hydrogens is 328 g/mol. The quantitative estimate of drug-likeness (QED) is 0.635. The fraction of sp³-hybridized carbons (Fsp3) is 0.529. The molecule has 1 heterocycles. The second-order valence-corrected chi connectivity index (χ2v) is 7.37. The van der Waals surface area contributed by atoms with Gasteiger partial charge in [-0.2, -0.15) is 0 Å². The van der Waals surface area contributed by atoms with Crippen molar-refractivity contribution in [1.82, 2.24) is 4.90 Å². The second-order valence-electron chi connectivity index (χ2n) is 7.37. The van der Waals surface area contributed by atoms with Gasteiger partial charge in [0.05, 0.1) is 4.92 Å². The maximum absolute atomic E-state index is 12.6. The van der Waals surface area contributed by atoms with Gasteiger partial charge in [0.1, 0.15) is 0 Å². The van der Waals surface area contributed by atoms with Gasteiger partial charge in [-0.15, -0.1) is 0 Å². The smallest absolute Gasteiger partial charge is 0.335 e. The normalized spacial score (nSPS) is 17.2. The average Bonchev–Trinajstić information content (AvgIpc) is 2.53. The van der Waals surface area contributed by atoms with Gasteiger partial charge in [0.15, 0.2) is 5.60 Å². The van der Waals surface area contributed by atoms with E-state index in [0.717, 1.165) is 0 Å². The molecule has 1 aliphatic heterocycles. The van der Waals surface area contributed by atoms with E-state index in [2.05, 4.69) is 0 Å². The highest BCUT2D eigenvalue weighted by atomic mass is 16.6. The number of aliphatic carboxylic acids is 1. The molecule has 0 saturated carbocycles. The van der Waals surface area contributed by atoms with E-state index >= 15 is 0 Å². The first kappa shape index (κ1) is 18.9. The van der Waals surface area contributed by atoms with E-state index in [0.29, 0.717) is 5.56 Å². The Morgan fingerprint density at radius 1 is 1.24 bits per heavy atom. The van der Waals surface area contributed by atoms with Crippen molar-refractivity contribution in [3.63, 3.8) is 0 Å². The van der Waals surface area contributed by atoms with Crippen LogP contribution < -0.4 is 0 Å². The Bertz CT molecular complexity index is 714. The minimum Gasteiger partial charge on any atom is -0.479 e. The molecule has 1 aromatic carbocycles. The molecule has 1 aliphatic rings. The highest BCUT2D eigenvalue weighted by Gasteiger charge is 2.40. The van der Waals surface area contributed by atoms with Crippen LogP contribution in [0.3, 0.4) is 0 Å². The largest absolute Gasteiger partial charge is 0.479 e. The number of likely N-dealkylation sites (tertiary alicyclic amines) is 1. The third kappa shape index (κ3) is 3.79. The van der Waals surface area contributed by atoms with Crippen LogP contribution in [0.1, 0.15) is 49.5 Å². The Labute approximate surface area is 145 Å². The van der Waals surface area contributed by atoms with Crippen molar-refractivity contribution >= 4 is 17.6 Å². The molecule has 0 aromatic heterocycles. The number of rotatable bonds is 3. The maximum atomic E-state index is 12.6. The van der Waals surface area contributed by atoms with Crippen molar-refractivity contribution in [1.29, 1.82) is 0 Å². The summed E-state index contributed by atoms with van der Waals surface area (Å²) >= 11 is 0. The number of piperidine rings is 1. The van der Waals surface area contributed by atoms with Crippen LogP contribution in [0.2, 0.25) is 0 Å². The van der Waals surface area contributed by atoms with Crippen molar-refractivity contribution in [3.05, 3.63) is 39.4 Å². The average molecular weight is 350 g/mol. The summed E-state index contributed by atoms with van der Waals surface area (Å²) in [5.74, 6) is -1.71. The maximum Gasteiger partial charge on any atom is 0.335 e. The number of amides is 1. The van der Waals surface area contributed by atoms with Crippen molar-refractivity contribution in [2.75, 3.05) is 13.1 Å². The topological polar surface area (TPSA) is 121 Å². The van der Waals surface area contributed by atoms with Gasteiger partial charge < -0.3 is 15.1 Å². The summed E-state index contributed by atoms with van der Waals surface area (Å²) in [6.07, 6.45) is -0.146. The molecule has 8 heteroatoms. The molecule has 1 saturated heterocycles. The van der Waals surface area contributed by atoms with E-state index in [1.54, 1.807) is 12.1 Å². The summed E-state index contributed by atoms with van der Waals surface area (Å²) in [6, 6.07) is 4.40. The minimum atomic E-state index is -1.82. The van der Waals surface area contributed by atoms with Crippen LogP contribution in [0.25, 0.3) is 0 Å². The molecule has 1 aromatic rings. The highest BCUT2D eigenvalue weighted by molar-refractivity contribution is 5.95. The molecule has 1 amide bonds. The van der Waals surface area contributed by atoms with Gasteiger partial charge in [-0.1, -0.05) is 26.8 Å². The summed E-state index contributed by atoms with van der Waals surface area (Å²) in [5.41, 5.74) is -1.66. The molecule has 1 fully saturated rings. The molecule has 0 aliphatic carbocycles. The van der Waals surface area contributed by atoms with Crippen molar-refractivity contribution in [3.8, 4) is 0 Å². The van der Waals surface area contributed by atoms with Gasteiger partial charge >= 0.3 is 5.97 Å². The lowest BCUT2D eigenvalue weighted by Crippen LogP contribution is -2.50. The second kappa shape index (κ2) is 6.44. The fourth-order valence-corrected chi connectivity index (χ4v) is 2.93. The number of carboxylic acids is 1. The van der Waals surface area contributed by atoms with Crippen LogP contribution in [0, 0.1) is 10.1 Å². The van der Waals surface area contributed by atoms with E-state index in [4.69, 9.17) is 5.11 Å². The summed E-state index contributed by atoms with van der Waals surface area (Å²) in [4.78, 5) is 35.9. The van der Waals surface area contributed by atoms with Crippen molar-refractivity contribution in [2.45, 2.75) is 44.6 Å². The fourth-order valence-electron chi connectivity index (χ4n) is 2.93. The molecule has 8 nitrogen and oxygen atoms in total. The summed E-state index contributed by atoms with van der Waals surface area (Å²) in [5, 5.41) is 30.3. The molecule has 0 atom stereocenters. The van der Waals surface area contributed by atoms with Crippen molar-refractivity contribution in [2.24, 2.45) is 0 Å². The first-order chi connectivity index (χ1) is 11.5. The molecule has 2 rings (SSSR count). The third-order valence-electron chi connectivity index (χ3n) is 4.53. The molecule has 0 bridgehead atoms. The first-order valence-electron chi connectivity index (χ1n) is 8.00. The number of hydrogen-bond acceptors (Lipinski definition) is 5. The Morgan fingerprint density at radius 2 is 1.80 bits per heavy atom. The number of carbonyl (C=O) groups excluding carboxylic acids is 1. The van der Waals surface area contributed by atoms with E-state index in [1.807, 2.05) is 20.8 Å². The summed E-state index contributed by atoms with van der Waals surface area (Å²) in [6.45, 7) is 5.73. The van der Waals surface area contributed by atoms with E-state index in [-0.39, 0.29) is 37.2 Å². The zero-order valence-corrected chi connectivity index (χ0v) is 14.5. The molecule has 2 N–H and O–H groups in total. The van der Waals surface area contributed by atoms with E-state index in [9.17, 15) is 24.8 Å². The van der Waals surface area contributed by atoms with Crippen LogP contribution in [-0.4, -0.2) is 50.6 Å². The van der Waals surface area contributed by atoms with Crippen LogP contribution in [0.4, 0.5) is 5.69 Å². The molecule has 136 valence electrons. The number of nitrogens with zero attached hydrogens (tertiary/aromatic N) is 2. The molecule has 0 spiro atoms. The number of nitro benzene ring substituents is 1. The van der Waals surface area contributed by atoms with Gasteiger partial charge in [0.25, 0.3) is 11.6 Å². The minimum absolute atomic E-state index is 0.0732. The molecule has 25 heavy (non-hydrogen) atoms. The number of carboxylic acid groups (broad SMARTS) is 1. The zero-order valence-electron chi connectivity index (χ0n) is 14.5. The van der Waals surface area contributed by atoms with Crippen molar-refractivity contribution < 1.29 is 24.7 Å². The first-order valence-corrected chi connectivity index (χ1v) is 8.00. The Kier molecular flexibility index (Phi) is 4.85. The predicted molar refractivity (Wildman–Crippen MR) is 89.5 cm³/mol. The lowest BCUT2D eigenvalue weighted by Gasteiger charge is -2.35. The molecule has 0 radical (unpaired) electrons. The van der Waals surface area contributed by atoms with Gasteiger partial charge in [-0.05, 0) is 11.5 Å². The number of nitro groups is 1. The monoisotopic (exact) mass is 350 g/mol. The number of aliphatic hydroxyl groups is 1. The molecular formula is C17H22N2O6. The van der Waals surface area contributed by atoms with Gasteiger partial charge in [0.2, 0.25) is 0 Å². The standard InChI is InChI=1S/C17H22N2O6/c1-16(2,3)12-5-4-11(10-13(12)19(24)25)14(20)18-8-6-17(23,7-9-18)15(21)22/h4-5,10,23H,6-9H2,1-3H3,(H,21,22). The summed E-state index contributed by atoms with van der Waals surface area (Å²) in [7, 11) is 0. The van der Waals surface area contributed by atoms with Crippen LogP contribution in [0.5, 0.6) is 0 Å². The lowest BCUT2D eigenvalue weighted by molar-refractivity contribution is -0.386. The number of hydrogen-bond donors (Lipinski definition) is 2. The Hall–Kier alpha value is -2.48. The van der Waals surface area contributed by atoms with Gasteiger partial charge in [-0.3, -0.25) is 14.9 Å². The predicted octanol–water partition coefficient (Wildman–Crippen LogP) is 1.94. The summed E-state index contributed by atoms with van der Waals surface area (Å²) < 4.78 is 0. The van der Waals surface area contributed by atoms with E-state index < -0.39 is 27.8 Å². The SMILES string of the molecule is CC(C)(C)c1ccc(C(=O)N2CCC(O)(C(=O)O)CC2)cc1[N+](=O)[O-].